The van der Waals surface area contributed by atoms with Gasteiger partial charge in [-0.2, -0.15) is 0 Å². The van der Waals surface area contributed by atoms with Crippen molar-refractivity contribution in [1.82, 2.24) is 15.3 Å². The lowest BCUT2D eigenvalue weighted by atomic mass is 10.1. The molecule has 0 saturated carbocycles. The Hall–Kier alpha value is -1.94. The minimum absolute atomic E-state index is 0.169. The summed E-state index contributed by atoms with van der Waals surface area (Å²) in [5.41, 5.74) is 2.16. The fourth-order valence-corrected chi connectivity index (χ4v) is 2.17. The van der Waals surface area contributed by atoms with E-state index in [0.717, 1.165) is 22.8 Å². The number of hydrogen-bond acceptors (Lipinski definition) is 4. The number of benzene rings is 1. The summed E-state index contributed by atoms with van der Waals surface area (Å²) in [6.07, 6.45) is 1.96. The Labute approximate surface area is 126 Å². The first kappa shape index (κ1) is 15.4. The molecular formula is C17H23N3O. The largest absolute Gasteiger partial charge is 0.491 e. The standard InChI is InChI=1S/C17H23N3O/c1-12(2)21-17-8-6-5-7-16(17)13(3)19-11-15-9-10-18-14(4)20-15/h5-10,12-13,19H,11H2,1-4H3. The highest BCUT2D eigenvalue weighted by Gasteiger charge is 2.12. The average molecular weight is 285 g/mol. The van der Waals surface area contributed by atoms with E-state index in [2.05, 4.69) is 28.3 Å². The molecule has 2 aromatic rings. The molecule has 0 bridgehead atoms. The van der Waals surface area contributed by atoms with Gasteiger partial charge in [-0.15, -0.1) is 0 Å². The van der Waals surface area contributed by atoms with Crippen molar-refractivity contribution in [3.63, 3.8) is 0 Å². The zero-order valence-corrected chi connectivity index (χ0v) is 13.1. The van der Waals surface area contributed by atoms with Crippen LogP contribution in [0.1, 0.15) is 43.9 Å². The minimum Gasteiger partial charge on any atom is -0.491 e. The SMILES string of the molecule is Cc1nccc(CNC(C)c2ccccc2OC(C)C)n1. The first-order valence-corrected chi connectivity index (χ1v) is 7.33. The predicted octanol–water partition coefficient (Wildman–Crippen LogP) is 3.42. The van der Waals surface area contributed by atoms with Crippen LogP contribution in [0.3, 0.4) is 0 Å². The smallest absolute Gasteiger partial charge is 0.125 e. The quantitative estimate of drug-likeness (QED) is 0.883. The van der Waals surface area contributed by atoms with Crippen LogP contribution >= 0.6 is 0 Å². The van der Waals surface area contributed by atoms with Crippen LogP contribution in [0.15, 0.2) is 36.5 Å². The zero-order valence-electron chi connectivity index (χ0n) is 13.1. The van der Waals surface area contributed by atoms with Gasteiger partial charge >= 0.3 is 0 Å². The van der Waals surface area contributed by atoms with Gasteiger partial charge in [-0.05, 0) is 39.8 Å². The van der Waals surface area contributed by atoms with Crippen LogP contribution in [0, 0.1) is 6.92 Å². The lowest BCUT2D eigenvalue weighted by Gasteiger charge is -2.19. The van der Waals surface area contributed by atoms with E-state index in [1.54, 1.807) is 6.20 Å². The van der Waals surface area contributed by atoms with E-state index in [-0.39, 0.29) is 12.1 Å². The van der Waals surface area contributed by atoms with Crippen LogP contribution in [0.4, 0.5) is 0 Å². The fourth-order valence-electron chi connectivity index (χ4n) is 2.17. The van der Waals surface area contributed by atoms with Crippen molar-refractivity contribution >= 4 is 0 Å². The molecular weight excluding hydrogens is 262 g/mol. The maximum atomic E-state index is 5.87. The van der Waals surface area contributed by atoms with Gasteiger partial charge in [0.2, 0.25) is 0 Å². The molecule has 21 heavy (non-hydrogen) atoms. The molecule has 1 aromatic heterocycles. The van der Waals surface area contributed by atoms with Gasteiger partial charge < -0.3 is 10.1 Å². The third-order valence-electron chi connectivity index (χ3n) is 3.17. The van der Waals surface area contributed by atoms with Gasteiger partial charge in [0.05, 0.1) is 11.8 Å². The number of nitrogens with one attached hydrogen (secondary N) is 1. The van der Waals surface area contributed by atoms with E-state index < -0.39 is 0 Å². The lowest BCUT2D eigenvalue weighted by molar-refractivity contribution is 0.238. The summed E-state index contributed by atoms with van der Waals surface area (Å²) >= 11 is 0. The molecule has 0 fully saturated rings. The van der Waals surface area contributed by atoms with Crippen LogP contribution < -0.4 is 10.1 Å². The van der Waals surface area contributed by atoms with Crippen molar-refractivity contribution in [2.24, 2.45) is 0 Å². The van der Waals surface area contributed by atoms with Gasteiger partial charge in [0, 0.05) is 24.3 Å². The first-order valence-electron chi connectivity index (χ1n) is 7.33. The number of aryl methyl sites for hydroxylation is 1. The van der Waals surface area contributed by atoms with Crippen molar-refractivity contribution in [1.29, 1.82) is 0 Å². The van der Waals surface area contributed by atoms with E-state index in [1.807, 2.05) is 45.0 Å². The average Bonchev–Trinajstić information content (AvgIpc) is 2.45. The van der Waals surface area contributed by atoms with Gasteiger partial charge in [0.1, 0.15) is 11.6 Å². The Morgan fingerprint density at radius 1 is 1.14 bits per heavy atom. The lowest BCUT2D eigenvalue weighted by Crippen LogP contribution is -2.20. The first-order chi connectivity index (χ1) is 10.1. The second-order valence-electron chi connectivity index (χ2n) is 5.40. The normalized spacial score (nSPS) is 12.4. The second kappa shape index (κ2) is 7.18. The predicted molar refractivity (Wildman–Crippen MR) is 84.2 cm³/mol. The third kappa shape index (κ3) is 4.53. The molecule has 4 heteroatoms. The molecule has 0 spiro atoms. The number of para-hydroxylation sites is 1. The van der Waals surface area contributed by atoms with E-state index in [9.17, 15) is 0 Å². The fraction of sp³-hybridized carbons (Fsp3) is 0.412. The van der Waals surface area contributed by atoms with E-state index in [0.29, 0.717) is 6.54 Å². The molecule has 0 amide bonds. The molecule has 0 aliphatic heterocycles. The highest BCUT2D eigenvalue weighted by Crippen LogP contribution is 2.25. The molecule has 0 radical (unpaired) electrons. The zero-order chi connectivity index (χ0) is 15.2. The molecule has 1 N–H and O–H groups in total. The molecule has 0 aliphatic rings. The molecule has 0 saturated heterocycles. The summed E-state index contributed by atoms with van der Waals surface area (Å²) in [7, 11) is 0. The van der Waals surface area contributed by atoms with Crippen molar-refractivity contribution in [2.45, 2.75) is 46.4 Å². The number of aromatic nitrogens is 2. The van der Waals surface area contributed by atoms with Gasteiger partial charge in [0.15, 0.2) is 0 Å². The summed E-state index contributed by atoms with van der Waals surface area (Å²) in [4.78, 5) is 8.52. The Balaban J connectivity index is 2.04. The Bertz CT molecular complexity index is 584. The monoisotopic (exact) mass is 285 g/mol. The maximum absolute atomic E-state index is 5.87. The topological polar surface area (TPSA) is 47.0 Å². The van der Waals surface area contributed by atoms with Crippen LogP contribution in [-0.4, -0.2) is 16.1 Å². The van der Waals surface area contributed by atoms with Crippen LogP contribution in [-0.2, 0) is 6.54 Å². The Morgan fingerprint density at radius 2 is 1.90 bits per heavy atom. The highest BCUT2D eigenvalue weighted by molar-refractivity contribution is 5.35. The molecule has 1 atom stereocenters. The molecule has 112 valence electrons. The summed E-state index contributed by atoms with van der Waals surface area (Å²) < 4.78 is 5.87. The molecule has 4 nitrogen and oxygen atoms in total. The molecule has 1 aromatic carbocycles. The second-order valence-corrected chi connectivity index (χ2v) is 5.40. The summed E-state index contributed by atoms with van der Waals surface area (Å²) in [6, 6.07) is 10.3. The Kier molecular flexibility index (Phi) is 5.28. The molecule has 1 heterocycles. The van der Waals surface area contributed by atoms with Crippen molar-refractivity contribution < 1.29 is 4.74 Å². The maximum Gasteiger partial charge on any atom is 0.125 e. The van der Waals surface area contributed by atoms with Gasteiger partial charge in [-0.25, -0.2) is 9.97 Å². The summed E-state index contributed by atoms with van der Waals surface area (Å²) in [6.45, 7) is 8.83. The van der Waals surface area contributed by atoms with Crippen LogP contribution in [0.25, 0.3) is 0 Å². The highest BCUT2D eigenvalue weighted by atomic mass is 16.5. The van der Waals surface area contributed by atoms with Crippen LogP contribution in [0.2, 0.25) is 0 Å². The summed E-state index contributed by atoms with van der Waals surface area (Å²) in [5, 5.41) is 3.49. The third-order valence-corrected chi connectivity index (χ3v) is 3.17. The number of rotatable bonds is 6. The molecule has 1 unspecified atom stereocenters. The van der Waals surface area contributed by atoms with Gasteiger partial charge in [-0.3, -0.25) is 0 Å². The van der Waals surface area contributed by atoms with E-state index >= 15 is 0 Å². The van der Waals surface area contributed by atoms with Crippen molar-refractivity contribution in [3.8, 4) is 5.75 Å². The Morgan fingerprint density at radius 3 is 2.62 bits per heavy atom. The minimum atomic E-state index is 0.169. The molecule has 0 aliphatic carbocycles. The van der Waals surface area contributed by atoms with Crippen LogP contribution in [0.5, 0.6) is 5.75 Å². The van der Waals surface area contributed by atoms with Crippen molar-refractivity contribution in [3.05, 3.63) is 53.6 Å². The van der Waals surface area contributed by atoms with Gasteiger partial charge in [0.25, 0.3) is 0 Å². The number of ether oxygens (including phenoxy) is 1. The van der Waals surface area contributed by atoms with Crippen molar-refractivity contribution in [2.75, 3.05) is 0 Å². The summed E-state index contributed by atoms with van der Waals surface area (Å²) in [5.74, 6) is 1.73. The van der Waals surface area contributed by atoms with Gasteiger partial charge in [-0.1, -0.05) is 18.2 Å². The van der Waals surface area contributed by atoms with E-state index in [1.165, 1.54) is 0 Å². The number of nitrogens with zero attached hydrogens (tertiary/aromatic N) is 2. The number of hydrogen-bond donors (Lipinski definition) is 1. The van der Waals surface area contributed by atoms with E-state index in [4.69, 9.17) is 4.74 Å². The molecule has 2 rings (SSSR count).